The second-order valence-corrected chi connectivity index (χ2v) is 5.78. The van der Waals surface area contributed by atoms with Crippen molar-refractivity contribution in [2.75, 3.05) is 26.2 Å². The molecule has 0 spiro atoms. The van der Waals surface area contributed by atoms with E-state index in [0.717, 1.165) is 43.5 Å². The second-order valence-electron chi connectivity index (χ2n) is 5.78. The fourth-order valence-electron chi connectivity index (χ4n) is 2.65. The van der Waals surface area contributed by atoms with Crippen molar-refractivity contribution in [3.8, 4) is 0 Å². The highest BCUT2D eigenvalue weighted by Gasteiger charge is 2.17. The quantitative estimate of drug-likeness (QED) is 0.858. The molecule has 1 aromatic rings. The zero-order valence-corrected chi connectivity index (χ0v) is 12.6. The van der Waals surface area contributed by atoms with E-state index in [1.54, 1.807) is 6.07 Å². The van der Waals surface area contributed by atoms with Crippen molar-refractivity contribution in [1.29, 1.82) is 0 Å². The molecule has 4 nitrogen and oxygen atoms in total. The van der Waals surface area contributed by atoms with E-state index in [0.29, 0.717) is 13.1 Å². The van der Waals surface area contributed by atoms with Gasteiger partial charge in [-0.1, -0.05) is 6.07 Å². The molecule has 116 valence electrons. The van der Waals surface area contributed by atoms with E-state index in [9.17, 15) is 9.18 Å². The van der Waals surface area contributed by atoms with Gasteiger partial charge in [-0.2, -0.15) is 0 Å². The van der Waals surface area contributed by atoms with Crippen LogP contribution in [0.15, 0.2) is 18.2 Å². The number of hydrogen-bond acceptors (Lipinski definition) is 3. The van der Waals surface area contributed by atoms with Gasteiger partial charge in [0.15, 0.2) is 0 Å². The normalized spacial score (nSPS) is 16.9. The fourth-order valence-corrected chi connectivity index (χ4v) is 2.65. The van der Waals surface area contributed by atoms with Gasteiger partial charge >= 0.3 is 0 Å². The molecule has 1 aliphatic rings. The monoisotopic (exact) mass is 293 g/mol. The van der Waals surface area contributed by atoms with Gasteiger partial charge < -0.3 is 11.1 Å². The Kier molecular flexibility index (Phi) is 5.70. The fraction of sp³-hybridized carbons (Fsp3) is 0.562. The van der Waals surface area contributed by atoms with E-state index in [1.165, 1.54) is 12.1 Å². The first-order valence-electron chi connectivity index (χ1n) is 7.54. The van der Waals surface area contributed by atoms with Gasteiger partial charge in [-0.3, -0.25) is 9.69 Å². The van der Waals surface area contributed by atoms with E-state index < -0.39 is 0 Å². The summed E-state index contributed by atoms with van der Waals surface area (Å²) in [6.45, 7) is 4.70. The van der Waals surface area contributed by atoms with Crippen LogP contribution in [0, 0.1) is 12.7 Å². The molecular formula is C16H24FN3O. The number of benzene rings is 1. The molecule has 1 heterocycles. The standard InChI is InChI=1S/C16H24FN3O/c1-12-10-14(17)3-2-13(12)4-7-19-16(21)11-20-8-5-15(18)6-9-20/h2-3,10,15H,4-9,11,18H2,1H3,(H,19,21). The van der Waals surface area contributed by atoms with Gasteiger partial charge in [-0.25, -0.2) is 4.39 Å². The van der Waals surface area contributed by atoms with Crippen molar-refractivity contribution in [3.63, 3.8) is 0 Å². The first-order valence-corrected chi connectivity index (χ1v) is 7.54. The van der Waals surface area contributed by atoms with Crippen molar-refractivity contribution in [3.05, 3.63) is 35.1 Å². The smallest absolute Gasteiger partial charge is 0.234 e. The van der Waals surface area contributed by atoms with E-state index in [1.807, 2.05) is 6.92 Å². The molecule has 0 aliphatic carbocycles. The van der Waals surface area contributed by atoms with Crippen molar-refractivity contribution in [2.24, 2.45) is 5.73 Å². The highest BCUT2D eigenvalue weighted by molar-refractivity contribution is 5.78. The van der Waals surface area contributed by atoms with Crippen LogP contribution in [0.25, 0.3) is 0 Å². The maximum absolute atomic E-state index is 13.0. The maximum Gasteiger partial charge on any atom is 0.234 e. The molecule has 0 bridgehead atoms. The molecule has 0 aromatic heterocycles. The Morgan fingerprint density at radius 3 is 2.81 bits per heavy atom. The summed E-state index contributed by atoms with van der Waals surface area (Å²) >= 11 is 0. The van der Waals surface area contributed by atoms with Crippen LogP contribution in [0.3, 0.4) is 0 Å². The Hall–Kier alpha value is -1.46. The topological polar surface area (TPSA) is 58.4 Å². The van der Waals surface area contributed by atoms with Gasteiger partial charge in [-0.05, 0) is 49.4 Å². The summed E-state index contributed by atoms with van der Waals surface area (Å²) in [5, 5.41) is 2.93. The van der Waals surface area contributed by atoms with Crippen LogP contribution in [-0.2, 0) is 11.2 Å². The molecule has 1 fully saturated rings. The third-order valence-electron chi connectivity index (χ3n) is 4.02. The number of likely N-dealkylation sites (tertiary alicyclic amines) is 1. The Balaban J connectivity index is 1.69. The molecule has 0 unspecified atom stereocenters. The molecule has 5 heteroatoms. The number of aryl methyl sites for hydroxylation is 1. The van der Waals surface area contributed by atoms with Crippen LogP contribution in [-0.4, -0.2) is 43.0 Å². The predicted molar refractivity (Wildman–Crippen MR) is 81.5 cm³/mol. The minimum atomic E-state index is -0.219. The summed E-state index contributed by atoms with van der Waals surface area (Å²) in [7, 11) is 0. The molecular weight excluding hydrogens is 269 g/mol. The van der Waals surface area contributed by atoms with E-state index in [4.69, 9.17) is 5.73 Å². The SMILES string of the molecule is Cc1cc(F)ccc1CCNC(=O)CN1CCC(N)CC1. The lowest BCUT2D eigenvalue weighted by molar-refractivity contribution is -0.122. The molecule has 1 aromatic carbocycles. The van der Waals surface area contributed by atoms with E-state index in [2.05, 4.69) is 10.2 Å². The van der Waals surface area contributed by atoms with Crippen molar-refractivity contribution in [1.82, 2.24) is 10.2 Å². The van der Waals surface area contributed by atoms with Crippen LogP contribution >= 0.6 is 0 Å². The maximum atomic E-state index is 13.0. The summed E-state index contributed by atoms with van der Waals surface area (Å²) in [6, 6.07) is 5.05. The Labute approximate surface area is 125 Å². The first-order chi connectivity index (χ1) is 10.0. The number of hydrogen-bond donors (Lipinski definition) is 2. The van der Waals surface area contributed by atoms with Crippen molar-refractivity contribution >= 4 is 5.91 Å². The van der Waals surface area contributed by atoms with Crippen LogP contribution in [0.2, 0.25) is 0 Å². The highest BCUT2D eigenvalue weighted by atomic mass is 19.1. The van der Waals surface area contributed by atoms with Crippen LogP contribution < -0.4 is 11.1 Å². The molecule has 1 saturated heterocycles. The molecule has 0 radical (unpaired) electrons. The number of nitrogens with zero attached hydrogens (tertiary/aromatic N) is 1. The van der Waals surface area contributed by atoms with Gasteiger partial charge in [-0.15, -0.1) is 0 Å². The average Bonchev–Trinajstić information content (AvgIpc) is 2.44. The van der Waals surface area contributed by atoms with Crippen molar-refractivity contribution in [2.45, 2.75) is 32.2 Å². The minimum absolute atomic E-state index is 0.0465. The Bertz CT molecular complexity index is 484. The molecule has 2 rings (SSSR count). The number of carbonyl (C=O) groups is 1. The summed E-state index contributed by atoms with van der Waals surface area (Å²) < 4.78 is 13.0. The van der Waals surface area contributed by atoms with E-state index >= 15 is 0 Å². The molecule has 0 saturated carbocycles. The Morgan fingerprint density at radius 1 is 1.43 bits per heavy atom. The summed E-state index contributed by atoms with van der Waals surface area (Å²) in [4.78, 5) is 14.0. The lowest BCUT2D eigenvalue weighted by atomic mass is 10.1. The zero-order chi connectivity index (χ0) is 15.2. The van der Waals surface area contributed by atoms with E-state index in [-0.39, 0.29) is 17.8 Å². The average molecular weight is 293 g/mol. The predicted octanol–water partition coefficient (Wildman–Crippen LogP) is 1.22. The zero-order valence-electron chi connectivity index (χ0n) is 12.6. The lowest BCUT2D eigenvalue weighted by Gasteiger charge is -2.29. The van der Waals surface area contributed by atoms with Crippen LogP contribution in [0.5, 0.6) is 0 Å². The van der Waals surface area contributed by atoms with Gasteiger partial charge in [0.2, 0.25) is 5.91 Å². The Morgan fingerprint density at radius 2 is 2.14 bits per heavy atom. The minimum Gasteiger partial charge on any atom is -0.355 e. The largest absolute Gasteiger partial charge is 0.355 e. The highest BCUT2D eigenvalue weighted by Crippen LogP contribution is 2.10. The number of halogens is 1. The number of nitrogens with two attached hydrogens (primary N) is 1. The van der Waals surface area contributed by atoms with Crippen LogP contribution in [0.1, 0.15) is 24.0 Å². The summed E-state index contributed by atoms with van der Waals surface area (Å²) in [5.74, 6) is -0.172. The number of amides is 1. The van der Waals surface area contributed by atoms with Gasteiger partial charge in [0.25, 0.3) is 0 Å². The van der Waals surface area contributed by atoms with Gasteiger partial charge in [0, 0.05) is 25.7 Å². The number of piperidine rings is 1. The summed E-state index contributed by atoms with van der Waals surface area (Å²) in [6.07, 6.45) is 2.65. The molecule has 0 atom stereocenters. The molecule has 21 heavy (non-hydrogen) atoms. The molecule has 3 N–H and O–H groups in total. The number of rotatable bonds is 5. The summed E-state index contributed by atoms with van der Waals surface area (Å²) in [5.41, 5.74) is 7.84. The third-order valence-corrected chi connectivity index (χ3v) is 4.02. The second kappa shape index (κ2) is 7.52. The molecule has 1 aliphatic heterocycles. The molecule has 1 amide bonds. The van der Waals surface area contributed by atoms with Gasteiger partial charge in [0.05, 0.1) is 6.54 Å². The lowest BCUT2D eigenvalue weighted by Crippen LogP contribution is -2.44. The van der Waals surface area contributed by atoms with Crippen LogP contribution in [0.4, 0.5) is 4.39 Å². The van der Waals surface area contributed by atoms with Crippen molar-refractivity contribution < 1.29 is 9.18 Å². The number of carbonyl (C=O) groups excluding carboxylic acids is 1. The van der Waals surface area contributed by atoms with Gasteiger partial charge in [0.1, 0.15) is 5.82 Å². The third kappa shape index (κ3) is 5.10. The number of nitrogens with one attached hydrogen (secondary N) is 1. The first kappa shape index (κ1) is 15.9.